The van der Waals surface area contributed by atoms with Crippen molar-refractivity contribution >= 4 is 75.1 Å². The van der Waals surface area contributed by atoms with E-state index in [1.165, 1.54) is 30.9 Å². The predicted molar refractivity (Wildman–Crippen MR) is 212 cm³/mol. The molecule has 0 fully saturated rings. The lowest BCUT2D eigenvalue weighted by Gasteiger charge is -2.15. The Balaban J connectivity index is 1.25. The van der Waals surface area contributed by atoms with Gasteiger partial charge >= 0.3 is 0 Å². The Morgan fingerprint density at radius 1 is 0.353 bits per heavy atom. The molecule has 0 saturated heterocycles. The van der Waals surface area contributed by atoms with Gasteiger partial charge in [-0.2, -0.15) is 9.97 Å². The molecule has 7 aromatic carbocycles. The largest absolute Gasteiger partial charge is 0.309 e. The minimum absolute atomic E-state index is 0.584. The third-order valence-corrected chi connectivity index (χ3v) is 11.1. The monoisotopic (exact) mass is 669 g/mol. The molecule has 11 aromatic rings. The summed E-state index contributed by atoms with van der Waals surface area (Å²) in [5.41, 5.74) is 7.31. The van der Waals surface area contributed by atoms with Gasteiger partial charge in [0.05, 0.1) is 27.8 Å². The van der Waals surface area contributed by atoms with Gasteiger partial charge < -0.3 is 4.57 Å². The van der Waals surface area contributed by atoms with Gasteiger partial charge in [0.1, 0.15) is 0 Å². The molecule has 0 amide bonds. The first-order chi connectivity index (χ1) is 25.3. The second-order valence-corrected chi connectivity index (χ2v) is 13.9. The van der Waals surface area contributed by atoms with Crippen molar-refractivity contribution in [3.63, 3.8) is 0 Å². The van der Waals surface area contributed by atoms with E-state index < -0.39 is 0 Å². The van der Waals surface area contributed by atoms with Gasteiger partial charge in [0.2, 0.25) is 5.95 Å². The van der Waals surface area contributed by atoms with Crippen LogP contribution in [0.2, 0.25) is 0 Å². The molecule has 0 spiro atoms. The van der Waals surface area contributed by atoms with Gasteiger partial charge in [-0.25, -0.2) is 4.98 Å². The number of hydrogen-bond donors (Lipinski definition) is 0. The molecule has 6 heteroatoms. The van der Waals surface area contributed by atoms with E-state index in [1.54, 1.807) is 11.3 Å². The first kappa shape index (κ1) is 28.2. The van der Waals surface area contributed by atoms with E-state index in [-0.39, 0.29) is 0 Å². The van der Waals surface area contributed by atoms with Gasteiger partial charge in [0, 0.05) is 52.8 Å². The summed E-state index contributed by atoms with van der Waals surface area (Å²) in [6.07, 6.45) is 0. The summed E-state index contributed by atoms with van der Waals surface area (Å²) in [6, 6.07) is 57.7. The van der Waals surface area contributed by atoms with Crippen LogP contribution in [0.3, 0.4) is 0 Å². The quantitative estimate of drug-likeness (QED) is 0.187. The normalized spacial score (nSPS) is 11.9. The molecule has 0 radical (unpaired) electrons. The fraction of sp³-hybridized carbons (Fsp3) is 0. The lowest BCUT2D eigenvalue weighted by Crippen LogP contribution is -2.08. The molecule has 0 aliphatic heterocycles. The Bertz CT molecular complexity index is 3060. The second-order valence-electron chi connectivity index (χ2n) is 12.8. The van der Waals surface area contributed by atoms with Gasteiger partial charge in [-0.15, -0.1) is 11.3 Å². The summed E-state index contributed by atoms with van der Waals surface area (Å²) in [6.45, 7) is 0. The van der Waals surface area contributed by atoms with Crippen LogP contribution < -0.4 is 0 Å². The first-order valence-electron chi connectivity index (χ1n) is 17.0. The van der Waals surface area contributed by atoms with Crippen molar-refractivity contribution < 1.29 is 0 Å². The molecular weight excluding hydrogens is 643 g/mol. The van der Waals surface area contributed by atoms with Crippen LogP contribution >= 0.6 is 11.3 Å². The molecule has 0 unspecified atom stereocenters. The molecule has 51 heavy (non-hydrogen) atoms. The zero-order valence-corrected chi connectivity index (χ0v) is 28.0. The van der Waals surface area contributed by atoms with E-state index in [9.17, 15) is 0 Å². The van der Waals surface area contributed by atoms with Crippen molar-refractivity contribution in [2.45, 2.75) is 0 Å². The van der Waals surface area contributed by atoms with Crippen LogP contribution in [0.5, 0.6) is 0 Å². The van der Waals surface area contributed by atoms with Crippen LogP contribution in [0.1, 0.15) is 0 Å². The number of para-hydroxylation sites is 5. The van der Waals surface area contributed by atoms with Crippen LogP contribution in [-0.4, -0.2) is 24.1 Å². The molecule has 0 saturated carbocycles. The summed E-state index contributed by atoms with van der Waals surface area (Å²) >= 11 is 1.80. The van der Waals surface area contributed by atoms with Crippen molar-refractivity contribution in [2.75, 3.05) is 0 Å². The highest BCUT2D eigenvalue weighted by atomic mass is 32.1. The maximum absolute atomic E-state index is 5.37. The van der Waals surface area contributed by atoms with Crippen LogP contribution in [0, 0.1) is 0 Å². The van der Waals surface area contributed by atoms with Crippen molar-refractivity contribution in [1.82, 2.24) is 24.1 Å². The third kappa shape index (κ3) is 4.17. The van der Waals surface area contributed by atoms with Crippen molar-refractivity contribution in [1.29, 1.82) is 0 Å². The van der Waals surface area contributed by atoms with Gasteiger partial charge in [-0.05, 0) is 48.5 Å². The van der Waals surface area contributed by atoms with E-state index in [4.69, 9.17) is 15.0 Å². The number of thiophene rings is 1. The second kappa shape index (κ2) is 10.9. The molecule has 0 N–H and O–H groups in total. The van der Waals surface area contributed by atoms with E-state index in [0.29, 0.717) is 17.6 Å². The first-order valence-corrected chi connectivity index (χ1v) is 17.9. The zero-order valence-electron chi connectivity index (χ0n) is 27.2. The van der Waals surface area contributed by atoms with Crippen molar-refractivity contribution in [3.8, 4) is 34.4 Å². The highest BCUT2D eigenvalue weighted by Gasteiger charge is 2.22. The summed E-state index contributed by atoms with van der Waals surface area (Å²) < 4.78 is 6.98. The van der Waals surface area contributed by atoms with E-state index in [2.05, 4.69) is 173 Å². The number of hydrogen-bond acceptors (Lipinski definition) is 4. The highest BCUT2D eigenvalue weighted by Crippen LogP contribution is 2.41. The molecule has 0 atom stereocenters. The number of benzene rings is 7. The SMILES string of the molecule is c1ccc(-n2c3ccccc3c3ccccc32)c(-c2nc(-c3cccc4sc5ccccc5c34)nc(-n3c4ccccc4c4ccccc43)n2)c1. The predicted octanol–water partition coefficient (Wildman–Crippen LogP) is 11.8. The summed E-state index contributed by atoms with van der Waals surface area (Å²) in [5.74, 6) is 1.84. The standard InChI is InChI=1S/C45H27N5S/c1-7-21-35-28(14-1)29-15-2-8-22-36(29)49(35)39-25-11-5-18-32(39)43-46-44(34-20-13-27-41-42(34)33-19-6-12-26-40(33)51-41)48-45(47-43)50-37-23-9-3-16-30(37)31-17-4-10-24-38(31)50/h1-27H. The molecule has 4 aromatic heterocycles. The van der Waals surface area contributed by atoms with Crippen LogP contribution in [0.25, 0.3) is 98.2 Å². The molecule has 0 bridgehead atoms. The van der Waals surface area contributed by atoms with Crippen molar-refractivity contribution in [3.05, 3.63) is 164 Å². The number of rotatable bonds is 4. The van der Waals surface area contributed by atoms with Crippen molar-refractivity contribution in [2.24, 2.45) is 0 Å². The Kier molecular flexibility index (Phi) is 6.05. The van der Waals surface area contributed by atoms with Crippen LogP contribution in [0.4, 0.5) is 0 Å². The van der Waals surface area contributed by atoms with Gasteiger partial charge in [0.25, 0.3) is 0 Å². The molecule has 0 aliphatic carbocycles. The summed E-state index contributed by atoms with van der Waals surface area (Å²) in [4.78, 5) is 16.1. The minimum atomic E-state index is 0.584. The maximum Gasteiger partial charge on any atom is 0.238 e. The molecular formula is C45H27N5S. The lowest BCUT2D eigenvalue weighted by atomic mass is 10.1. The Hall–Kier alpha value is -6.63. The van der Waals surface area contributed by atoms with Gasteiger partial charge in [0.15, 0.2) is 11.6 Å². The fourth-order valence-corrected chi connectivity index (χ4v) is 8.98. The average molecular weight is 670 g/mol. The summed E-state index contributed by atoms with van der Waals surface area (Å²) in [5, 5.41) is 7.11. The summed E-state index contributed by atoms with van der Waals surface area (Å²) in [7, 11) is 0. The van der Waals surface area contributed by atoms with E-state index in [1.807, 2.05) is 0 Å². The molecule has 238 valence electrons. The third-order valence-electron chi connectivity index (χ3n) is 10.0. The Labute approximate surface area is 296 Å². The molecule has 4 heterocycles. The Morgan fingerprint density at radius 3 is 1.43 bits per heavy atom. The number of nitrogens with zero attached hydrogens (tertiary/aromatic N) is 5. The number of fused-ring (bicyclic) bond motifs is 9. The average Bonchev–Trinajstić information content (AvgIpc) is 3.86. The number of aromatic nitrogens is 5. The van der Waals surface area contributed by atoms with Gasteiger partial charge in [-0.1, -0.05) is 115 Å². The van der Waals surface area contributed by atoms with Crippen LogP contribution in [-0.2, 0) is 0 Å². The molecule has 11 rings (SSSR count). The topological polar surface area (TPSA) is 48.5 Å². The van der Waals surface area contributed by atoms with Crippen LogP contribution in [0.15, 0.2) is 164 Å². The zero-order chi connectivity index (χ0) is 33.5. The smallest absolute Gasteiger partial charge is 0.238 e. The molecule has 0 aliphatic rings. The van der Waals surface area contributed by atoms with Gasteiger partial charge in [-0.3, -0.25) is 4.57 Å². The fourth-order valence-electron chi connectivity index (χ4n) is 7.84. The molecule has 5 nitrogen and oxygen atoms in total. The Morgan fingerprint density at radius 2 is 0.804 bits per heavy atom. The minimum Gasteiger partial charge on any atom is -0.309 e. The highest BCUT2D eigenvalue weighted by molar-refractivity contribution is 7.25. The van der Waals surface area contributed by atoms with E-state index >= 15 is 0 Å². The van der Waals surface area contributed by atoms with E-state index in [0.717, 1.165) is 49.7 Å². The lowest BCUT2D eigenvalue weighted by molar-refractivity contribution is 0.952. The maximum atomic E-state index is 5.37.